The van der Waals surface area contributed by atoms with Gasteiger partial charge in [0.15, 0.2) is 0 Å². The van der Waals surface area contributed by atoms with Crippen LogP contribution in [0.4, 0.5) is 0 Å². The molecule has 2 aliphatic carbocycles. The second kappa shape index (κ2) is 13.4. The number of hydrogen-bond donors (Lipinski definition) is 2. The Hall–Kier alpha value is -3.14. The lowest BCUT2D eigenvalue weighted by Gasteiger charge is -2.34. The molecule has 37 heavy (non-hydrogen) atoms. The standard InChI is InChI=1S/C33H42N2O2/c1-24-3-7-26(8-4-24)15-21-32(36)34-30-17-11-28(12-18-30)23-29-13-19-31(20-14-29)35-33(37)22-16-27-9-5-25(2)6-10-27/h3-10,15-16,21-22,28-31H,11-14,17-20,23H2,1-2H3,(H,34,36)(H,35,37). The van der Waals surface area contributed by atoms with Crippen LogP contribution in [-0.2, 0) is 9.59 Å². The summed E-state index contributed by atoms with van der Waals surface area (Å²) in [5, 5.41) is 6.40. The summed E-state index contributed by atoms with van der Waals surface area (Å²) >= 11 is 0. The lowest BCUT2D eigenvalue weighted by atomic mass is 9.75. The topological polar surface area (TPSA) is 58.2 Å². The van der Waals surface area contributed by atoms with E-state index in [-0.39, 0.29) is 11.8 Å². The SMILES string of the molecule is Cc1ccc(C=CC(=O)NC2CCC(CC3CCC(NC(=O)C=Cc4ccc(C)cc4)CC3)CC2)cc1. The van der Waals surface area contributed by atoms with E-state index < -0.39 is 0 Å². The molecule has 0 radical (unpaired) electrons. The number of benzene rings is 2. The maximum Gasteiger partial charge on any atom is 0.244 e. The van der Waals surface area contributed by atoms with Gasteiger partial charge in [0.25, 0.3) is 0 Å². The monoisotopic (exact) mass is 498 g/mol. The molecule has 0 spiro atoms. The van der Waals surface area contributed by atoms with Gasteiger partial charge in [-0.05, 0) is 107 Å². The highest BCUT2D eigenvalue weighted by atomic mass is 16.2. The number of hydrogen-bond acceptors (Lipinski definition) is 2. The molecule has 2 aliphatic rings. The number of nitrogens with one attached hydrogen (secondary N) is 2. The van der Waals surface area contributed by atoms with Crippen molar-refractivity contribution < 1.29 is 9.59 Å². The highest BCUT2D eigenvalue weighted by molar-refractivity contribution is 5.92. The summed E-state index contributed by atoms with van der Waals surface area (Å²) in [7, 11) is 0. The maximum atomic E-state index is 12.4. The third-order valence-electron chi connectivity index (χ3n) is 8.06. The minimum absolute atomic E-state index is 0.0121. The zero-order chi connectivity index (χ0) is 26.0. The van der Waals surface area contributed by atoms with Crippen LogP contribution in [0.3, 0.4) is 0 Å². The van der Waals surface area contributed by atoms with Crippen LogP contribution >= 0.6 is 0 Å². The van der Waals surface area contributed by atoms with Crippen molar-refractivity contribution in [3.05, 3.63) is 82.9 Å². The van der Waals surface area contributed by atoms with Crippen molar-refractivity contribution >= 4 is 24.0 Å². The van der Waals surface area contributed by atoms with E-state index in [0.717, 1.165) is 48.6 Å². The average Bonchev–Trinajstić information content (AvgIpc) is 2.90. The molecule has 2 aromatic carbocycles. The molecule has 0 aromatic heterocycles. The molecule has 0 atom stereocenters. The third kappa shape index (κ3) is 9.03. The molecule has 4 rings (SSSR count). The van der Waals surface area contributed by atoms with Crippen molar-refractivity contribution in [2.75, 3.05) is 0 Å². The van der Waals surface area contributed by atoms with Crippen molar-refractivity contribution in [1.29, 1.82) is 0 Å². The van der Waals surface area contributed by atoms with Gasteiger partial charge in [0.2, 0.25) is 11.8 Å². The van der Waals surface area contributed by atoms with Gasteiger partial charge in [-0.2, -0.15) is 0 Å². The van der Waals surface area contributed by atoms with Gasteiger partial charge in [-0.15, -0.1) is 0 Å². The fourth-order valence-corrected chi connectivity index (χ4v) is 5.75. The van der Waals surface area contributed by atoms with Gasteiger partial charge in [-0.25, -0.2) is 0 Å². The summed E-state index contributed by atoms with van der Waals surface area (Å²) < 4.78 is 0. The van der Waals surface area contributed by atoms with Gasteiger partial charge in [-0.3, -0.25) is 9.59 Å². The summed E-state index contributed by atoms with van der Waals surface area (Å²) in [6.45, 7) is 4.13. The van der Waals surface area contributed by atoms with Gasteiger partial charge in [0.05, 0.1) is 0 Å². The minimum Gasteiger partial charge on any atom is -0.350 e. The molecule has 2 aromatic rings. The van der Waals surface area contributed by atoms with Crippen molar-refractivity contribution in [2.45, 2.75) is 83.7 Å². The predicted octanol–water partition coefficient (Wildman–Crippen LogP) is 6.77. The van der Waals surface area contributed by atoms with Crippen LogP contribution in [0, 0.1) is 25.7 Å². The van der Waals surface area contributed by atoms with Crippen molar-refractivity contribution in [1.82, 2.24) is 10.6 Å². The average molecular weight is 499 g/mol. The molecule has 2 saturated carbocycles. The van der Waals surface area contributed by atoms with E-state index >= 15 is 0 Å². The first-order valence-corrected chi connectivity index (χ1v) is 14.0. The normalized spacial score (nSPS) is 24.3. The fourth-order valence-electron chi connectivity index (χ4n) is 5.75. The molecular weight excluding hydrogens is 456 g/mol. The Kier molecular flexibility index (Phi) is 9.76. The Morgan fingerprint density at radius 3 is 1.32 bits per heavy atom. The number of rotatable bonds is 8. The maximum absolute atomic E-state index is 12.4. The molecule has 0 unspecified atom stereocenters. The molecule has 2 amide bonds. The van der Waals surface area contributed by atoms with Gasteiger partial charge >= 0.3 is 0 Å². The molecule has 196 valence electrons. The summed E-state index contributed by atoms with van der Waals surface area (Å²) in [6, 6.07) is 17.0. The second-order valence-corrected chi connectivity index (χ2v) is 11.2. The predicted molar refractivity (Wildman–Crippen MR) is 153 cm³/mol. The molecule has 4 nitrogen and oxygen atoms in total. The first kappa shape index (κ1) is 26.9. The Morgan fingerprint density at radius 1 is 0.622 bits per heavy atom. The lowest BCUT2D eigenvalue weighted by molar-refractivity contribution is -0.118. The number of carbonyl (C=O) groups excluding carboxylic acids is 2. The zero-order valence-electron chi connectivity index (χ0n) is 22.4. The molecular formula is C33H42N2O2. The van der Waals surface area contributed by atoms with Gasteiger partial charge in [-0.1, -0.05) is 59.7 Å². The van der Waals surface area contributed by atoms with E-state index in [4.69, 9.17) is 0 Å². The van der Waals surface area contributed by atoms with Crippen LogP contribution in [0.25, 0.3) is 12.2 Å². The Labute approximate surface area is 222 Å². The zero-order valence-corrected chi connectivity index (χ0v) is 22.4. The first-order chi connectivity index (χ1) is 17.9. The highest BCUT2D eigenvalue weighted by Crippen LogP contribution is 2.35. The van der Waals surface area contributed by atoms with Crippen molar-refractivity contribution in [3.8, 4) is 0 Å². The van der Waals surface area contributed by atoms with Gasteiger partial charge < -0.3 is 10.6 Å². The molecule has 0 aliphatic heterocycles. The van der Waals surface area contributed by atoms with E-state index in [1.165, 1.54) is 43.2 Å². The summed E-state index contributed by atoms with van der Waals surface area (Å²) in [5.74, 6) is 1.56. The highest BCUT2D eigenvalue weighted by Gasteiger charge is 2.27. The molecule has 4 heteroatoms. The van der Waals surface area contributed by atoms with Crippen molar-refractivity contribution in [2.24, 2.45) is 11.8 Å². The number of amides is 2. The van der Waals surface area contributed by atoms with Gasteiger partial charge in [0, 0.05) is 24.2 Å². The van der Waals surface area contributed by atoms with Crippen LogP contribution in [0.15, 0.2) is 60.7 Å². The molecule has 2 fully saturated rings. The Bertz CT molecular complexity index is 981. The lowest BCUT2D eigenvalue weighted by Crippen LogP contribution is -2.38. The summed E-state index contributed by atoms with van der Waals surface area (Å²) in [6.07, 6.45) is 17.5. The van der Waals surface area contributed by atoms with Gasteiger partial charge in [0.1, 0.15) is 0 Å². The Balaban J connectivity index is 1.10. The van der Waals surface area contributed by atoms with E-state index in [1.807, 2.05) is 36.4 Å². The second-order valence-electron chi connectivity index (χ2n) is 11.2. The van der Waals surface area contributed by atoms with Crippen LogP contribution in [0.1, 0.15) is 80.0 Å². The quantitative estimate of drug-likeness (QED) is 0.395. The summed E-state index contributed by atoms with van der Waals surface area (Å²) in [5.41, 5.74) is 4.55. The van der Waals surface area contributed by atoms with Crippen LogP contribution in [-0.4, -0.2) is 23.9 Å². The van der Waals surface area contributed by atoms with E-state index in [0.29, 0.717) is 12.1 Å². The van der Waals surface area contributed by atoms with E-state index in [1.54, 1.807) is 12.2 Å². The fraction of sp³-hybridized carbons (Fsp3) is 0.455. The van der Waals surface area contributed by atoms with Crippen molar-refractivity contribution in [3.63, 3.8) is 0 Å². The van der Waals surface area contributed by atoms with E-state index in [2.05, 4.69) is 48.7 Å². The van der Waals surface area contributed by atoms with E-state index in [9.17, 15) is 9.59 Å². The van der Waals surface area contributed by atoms with Crippen LogP contribution in [0.5, 0.6) is 0 Å². The minimum atomic E-state index is 0.0121. The smallest absolute Gasteiger partial charge is 0.244 e. The Morgan fingerprint density at radius 2 is 0.973 bits per heavy atom. The third-order valence-corrected chi connectivity index (χ3v) is 8.06. The summed E-state index contributed by atoms with van der Waals surface area (Å²) in [4.78, 5) is 24.7. The molecule has 0 saturated heterocycles. The first-order valence-electron chi connectivity index (χ1n) is 14.0. The van der Waals surface area contributed by atoms with Crippen LogP contribution in [0.2, 0.25) is 0 Å². The largest absolute Gasteiger partial charge is 0.350 e. The molecule has 2 N–H and O–H groups in total. The molecule has 0 heterocycles. The number of carbonyl (C=O) groups is 2. The van der Waals surface area contributed by atoms with Crippen LogP contribution < -0.4 is 10.6 Å². The number of aryl methyl sites for hydroxylation is 2. The molecule has 0 bridgehead atoms.